The van der Waals surface area contributed by atoms with Gasteiger partial charge in [-0.3, -0.25) is 4.68 Å². The highest BCUT2D eigenvalue weighted by Crippen LogP contribution is 2.11. The number of nitrogens with one attached hydrogen (secondary N) is 1. The lowest BCUT2D eigenvalue weighted by Crippen LogP contribution is -2.13. The number of hydrogen-bond acceptors (Lipinski definition) is 2. The number of halogens is 1. The van der Waals surface area contributed by atoms with Gasteiger partial charge in [0.1, 0.15) is 0 Å². The van der Waals surface area contributed by atoms with Crippen molar-refractivity contribution in [1.29, 1.82) is 0 Å². The summed E-state index contributed by atoms with van der Waals surface area (Å²) in [6, 6.07) is 8.34. The molecule has 2 rings (SSSR count). The molecule has 18 heavy (non-hydrogen) atoms. The maximum atomic E-state index is 4.38. The van der Waals surface area contributed by atoms with Crippen LogP contribution in [0.5, 0.6) is 0 Å². The molecule has 96 valence electrons. The average molecular weight is 308 g/mol. The molecule has 0 spiro atoms. The zero-order valence-corrected chi connectivity index (χ0v) is 12.2. The van der Waals surface area contributed by atoms with Gasteiger partial charge >= 0.3 is 0 Å². The molecule has 0 atom stereocenters. The zero-order chi connectivity index (χ0) is 12.8. The second-order valence-corrected chi connectivity index (χ2v) is 5.27. The first-order valence-electron chi connectivity index (χ1n) is 6.24. The Morgan fingerprint density at radius 3 is 2.72 bits per heavy atom. The first-order valence-corrected chi connectivity index (χ1v) is 7.03. The highest BCUT2D eigenvalue weighted by Gasteiger charge is 1.99. The largest absolute Gasteiger partial charge is 0.313 e. The Hall–Kier alpha value is -1.13. The summed E-state index contributed by atoms with van der Waals surface area (Å²) < 4.78 is 3.09. The Labute approximate surface area is 116 Å². The fraction of sp³-hybridized carbons (Fsp3) is 0.357. The molecule has 0 amide bonds. The lowest BCUT2D eigenvalue weighted by Gasteiger charge is -2.02. The molecule has 4 heteroatoms. The molecule has 0 unspecified atom stereocenters. The maximum Gasteiger partial charge on any atom is 0.0659 e. The van der Waals surface area contributed by atoms with Gasteiger partial charge in [-0.2, -0.15) is 5.10 Å². The molecule has 0 saturated carbocycles. The molecule has 1 aromatic carbocycles. The van der Waals surface area contributed by atoms with Crippen LogP contribution < -0.4 is 5.32 Å². The molecule has 0 aliphatic carbocycles. The lowest BCUT2D eigenvalue weighted by atomic mass is 10.2. The van der Waals surface area contributed by atoms with Gasteiger partial charge in [-0.25, -0.2) is 0 Å². The van der Waals surface area contributed by atoms with E-state index in [9.17, 15) is 0 Å². The number of nitrogens with zero attached hydrogens (tertiary/aromatic N) is 2. The third-order valence-corrected chi connectivity index (χ3v) is 3.23. The molecular weight excluding hydrogens is 290 g/mol. The van der Waals surface area contributed by atoms with E-state index in [-0.39, 0.29) is 0 Å². The predicted molar refractivity (Wildman–Crippen MR) is 77.5 cm³/mol. The summed E-state index contributed by atoms with van der Waals surface area (Å²) in [6.45, 7) is 4.94. The van der Waals surface area contributed by atoms with Crippen LogP contribution >= 0.6 is 15.9 Å². The van der Waals surface area contributed by atoms with Gasteiger partial charge in [-0.15, -0.1) is 0 Å². The summed E-state index contributed by atoms with van der Waals surface area (Å²) in [4.78, 5) is 0. The summed E-state index contributed by atoms with van der Waals surface area (Å²) in [6.07, 6.45) is 5.19. The molecule has 0 saturated heterocycles. The number of aromatic nitrogens is 2. The van der Waals surface area contributed by atoms with Crippen LogP contribution in [-0.2, 0) is 13.1 Å². The van der Waals surface area contributed by atoms with Gasteiger partial charge < -0.3 is 5.32 Å². The first-order chi connectivity index (χ1) is 8.78. The van der Waals surface area contributed by atoms with Crippen LogP contribution in [0.3, 0.4) is 0 Å². The Morgan fingerprint density at radius 1 is 1.22 bits per heavy atom. The minimum absolute atomic E-state index is 0.820. The van der Waals surface area contributed by atoms with E-state index in [0.717, 1.165) is 30.5 Å². The average Bonchev–Trinajstić information content (AvgIpc) is 2.80. The normalized spacial score (nSPS) is 10.8. The summed E-state index contributed by atoms with van der Waals surface area (Å²) in [7, 11) is 0. The number of hydrogen-bond donors (Lipinski definition) is 1. The van der Waals surface area contributed by atoms with Crippen LogP contribution in [-0.4, -0.2) is 16.3 Å². The predicted octanol–water partition coefficient (Wildman–Crippen LogP) is 3.19. The SMILES string of the molecule is CCCNCc1cnn(Cc2ccc(Br)cc2)c1. The summed E-state index contributed by atoms with van der Waals surface area (Å²) in [5.41, 5.74) is 2.50. The maximum absolute atomic E-state index is 4.38. The van der Waals surface area contributed by atoms with Gasteiger partial charge in [0.05, 0.1) is 12.7 Å². The van der Waals surface area contributed by atoms with Crippen LogP contribution in [0.1, 0.15) is 24.5 Å². The van der Waals surface area contributed by atoms with Gasteiger partial charge in [0.15, 0.2) is 0 Å². The van der Waals surface area contributed by atoms with Crippen molar-refractivity contribution in [3.8, 4) is 0 Å². The van der Waals surface area contributed by atoms with E-state index in [4.69, 9.17) is 0 Å². The summed E-state index contributed by atoms with van der Waals surface area (Å²) in [5.74, 6) is 0. The lowest BCUT2D eigenvalue weighted by molar-refractivity contribution is 0.668. The van der Waals surface area contributed by atoms with E-state index in [1.165, 1.54) is 11.1 Å². The second-order valence-electron chi connectivity index (χ2n) is 4.35. The molecule has 1 aromatic heterocycles. The highest BCUT2D eigenvalue weighted by atomic mass is 79.9. The summed E-state index contributed by atoms with van der Waals surface area (Å²) >= 11 is 3.44. The van der Waals surface area contributed by atoms with Crippen LogP contribution in [0.2, 0.25) is 0 Å². The molecule has 0 bridgehead atoms. The molecule has 0 radical (unpaired) electrons. The van der Waals surface area contributed by atoms with E-state index in [1.54, 1.807) is 0 Å². The highest BCUT2D eigenvalue weighted by molar-refractivity contribution is 9.10. The van der Waals surface area contributed by atoms with Crippen LogP contribution in [0.25, 0.3) is 0 Å². The van der Waals surface area contributed by atoms with Crippen molar-refractivity contribution < 1.29 is 0 Å². The molecule has 0 fully saturated rings. The molecule has 3 nitrogen and oxygen atoms in total. The number of rotatable bonds is 6. The van der Waals surface area contributed by atoms with Gasteiger partial charge in [-0.1, -0.05) is 35.0 Å². The topological polar surface area (TPSA) is 29.9 Å². The van der Waals surface area contributed by atoms with Crippen molar-refractivity contribution >= 4 is 15.9 Å². The minimum atomic E-state index is 0.820. The van der Waals surface area contributed by atoms with E-state index in [1.807, 2.05) is 10.9 Å². The van der Waals surface area contributed by atoms with Crippen molar-refractivity contribution in [3.05, 3.63) is 52.3 Å². The van der Waals surface area contributed by atoms with Crippen LogP contribution in [0, 0.1) is 0 Å². The quantitative estimate of drug-likeness (QED) is 0.831. The third-order valence-electron chi connectivity index (χ3n) is 2.70. The Kier molecular flexibility index (Phi) is 4.96. The van der Waals surface area contributed by atoms with Gasteiger partial charge in [0.25, 0.3) is 0 Å². The van der Waals surface area contributed by atoms with Gasteiger partial charge in [-0.05, 0) is 30.7 Å². The van der Waals surface area contributed by atoms with Gasteiger partial charge in [0.2, 0.25) is 0 Å². The fourth-order valence-electron chi connectivity index (χ4n) is 1.77. The van der Waals surface area contributed by atoms with Crippen molar-refractivity contribution in [2.45, 2.75) is 26.4 Å². The van der Waals surface area contributed by atoms with Crippen molar-refractivity contribution in [1.82, 2.24) is 15.1 Å². The molecule has 0 aliphatic heterocycles. The van der Waals surface area contributed by atoms with E-state index >= 15 is 0 Å². The molecule has 2 aromatic rings. The van der Waals surface area contributed by atoms with E-state index in [2.05, 4.69) is 63.7 Å². The third kappa shape index (κ3) is 3.96. The Balaban J connectivity index is 1.91. The Morgan fingerprint density at radius 2 is 2.00 bits per heavy atom. The van der Waals surface area contributed by atoms with E-state index < -0.39 is 0 Å². The van der Waals surface area contributed by atoms with E-state index in [0.29, 0.717) is 0 Å². The monoisotopic (exact) mass is 307 g/mol. The second kappa shape index (κ2) is 6.71. The molecular formula is C14H18BrN3. The first kappa shape index (κ1) is 13.3. The Bertz CT molecular complexity index is 476. The zero-order valence-electron chi connectivity index (χ0n) is 10.6. The van der Waals surface area contributed by atoms with Crippen molar-refractivity contribution in [3.63, 3.8) is 0 Å². The number of benzene rings is 1. The fourth-order valence-corrected chi connectivity index (χ4v) is 2.03. The van der Waals surface area contributed by atoms with Crippen molar-refractivity contribution in [2.75, 3.05) is 6.54 Å². The van der Waals surface area contributed by atoms with Crippen LogP contribution in [0.15, 0.2) is 41.1 Å². The standard InChI is InChI=1S/C14H18BrN3/c1-2-7-16-8-13-9-17-18(11-13)10-12-3-5-14(15)6-4-12/h3-6,9,11,16H,2,7-8,10H2,1H3. The summed E-state index contributed by atoms with van der Waals surface area (Å²) in [5, 5.41) is 7.75. The van der Waals surface area contributed by atoms with Crippen molar-refractivity contribution in [2.24, 2.45) is 0 Å². The van der Waals surface area contributed by atoms with Crippen LogP contribution in [0.4, 0.5) is 0 Å². The molecule has 1 heterocycles. The molecule has 0 aliphatic rings. The molecule has 1 N–H and O–H groups in total. The van der Waals surface area contributed by atoms with Gasteiger partial charge in [0, 0.05) is 22.8 Å². The smallest absolute Gasteiger partial charge is 0.0659 e. The minimum Gasteiger partial charge on any atom is -0.313 e.